The van der Waals surface area contributed by atoms with Crippen LogP contribution in [0.3, 0.4) is 0 Å². The van der Waals surface area contributed by atoms with E-state index in [4.69, 9.17) is 0 Å². The van der Waals surface area contributed by atoms with Gasteiger partial charge in [0.1, 0.15) is 5.82 Å². The molecule has 2 fully saturated rings. The molecule has 0 radical (unpaired) electrons. The summed E-state index contributed by atoms with van der Waals surface area (Å²) < 4.78 is 13.6. The number of hydrogen-bond acceptors (Lipinski definition) is 1. The number of rotatable bonds is 1. The average molecular weight is 205 g/mol. The van der Waals surface area contributed by atoms with Gasteiger partial charge in [-0.2, -0.15) is 0 Å². The molecule has 1 heterocycles. The van der Waals surface area contributed by atoms with Gasteiger partial charge in [0.15, 0.2) is 0 Å². The van der Waals surface area contributed by atoms with Crippen LogP contribution in [0.1, 0.15) is 30.7 Å². The highest BCUT2D eigenvalue weighted by atomic mass is 19.1. The van der Waals surface area contributed by atoms with Crippen LogP contribution in [0.4, 0.5) is 4.39 Å². The molecule has 1 aromatic carbocycles. The van der Waals surface area contributed by atoms with Crippen molar-refractivity contribution in [2.45, 2.75) is 25.2 Å². The van der Waals surface area contributed by atoms with Gasteiger partial charge in [-0.3, -0.25) is 0 Å². The van der Waals surface area contributed by atoms with Crippen molar-refractivity contribution in [3.05, 3.63) is 35.6 Å². The van der Waals surface area contributed by atoms with Crippen LogP contribution < -0.4 is 5.32 Å². The molecule has 0 amide bonds. The quantitative estimate of drug-likeness (QED) is 0.743. The topological polar surface area (TPSA) is 12.0 Å². The first-order valence-electron chi connectivity index (χ1n) is 5.74. The lowest BCUT2D eigenvalue weighted by atomic mass is 9.79. The Kier molecular flexibility index (Phi) is 2.06. The van der Waals surface area contributed by atoms with Crippen LogP contribution in [-0.4, -0.2) is 13.1 Å². The Morgan fingerprint density at radius 2 is 2.07 bits per heavy atom. The zero-order chi connectivity index (χ0) is 10.3. The number of hydrogen-bond donors (Lipinski definition) is 1. The molecule has 1 nitrogen and oxygen atoms in total. The molecule has 80 valence electrons. The van der Waals surface area contributed by atoms with Gasteiger partial charge in [0.25, 0.3) is 0 Å². The monoisotopic (exact) mass is 205 g/mol. The maximum atomic E-state index is 13.6. The van der Waals surface area contributed by atoms with E-state index in [1.807, 2.05) is 12.1 Å². The van der Waals surface area contributed by atoms with Crippen LogP contribution in [-0.2, 0) is 0 Å². The lowest BCUT2D eigenvalue weighted by Gasteiger charge is -2.39. The maximum Gasteiger partial charge on any atom is 0.126 e. The van der Waals surface area contributed by atoms with Gasteiger partial charge in [-0.05, 0) is 42.2 Å². The summed E-state index contributed by atoms with van der Waals surface area (Å²) in [6, 6.07) is 7.25. The van der Waals surface area contributed by atoms with E-state index in [-0.39, 0.29) is 5.82 Å². The first-order valence-corrected chi connectivity index (χ1v) is 5.74. The summed E-state index contributed by atoms with van der Waals surface area (Å²) in [5.74, 6) is 0.431. The summed E-state index contributed by atoms with van der Waals surface area (Å²) >= 11 is 0. The summed E-state index contributed by atoms with van der Waals surface area (Å²) in [6.07, 6.45) is 3.59. The number of benzene rings is 1. The van der Waals surface area contributed by atoms with Crippen molar-refractivity contribution in [1.82, 2.24) is 5.32 Å². The van der Waals surface area contributed by atoms with E-state index in [1.165, 1.54) is 12.8 Å². The van der Waals surface area contributed by atoms with E-state index in [9.17, 15) is 4.39 Å². The summed E-state index contributed by atoms with van der Waals surface area (Å²) in [5, 5.41) is 3.34. The molecule has 15 heavy (non-hydrogen) atoms. The lowest BCUT2D eigenvalue weighted by molar-refractivity contribution is 0.175. The molecule has 1 spiro atoms. The Labute approximate surface area is 89.7 Å². The molecule has 1 unspecified atom stereocenters. The summed E-state index contributed by atoms with van der Waals surface area (Å²) in [7, 11) is 0. The van der Waals surface area contributed by atoms with Crippen molar-refractivity contribution >= 4 is 0 Å². The molecule has 2 heteroatoms. The highest BCUT2D eigenvalue weighted by Gasteiger charge is 2.44. The number of nitrogens with one attached hydrogen (secondary N) is 1. The fourth-order valence-corrected chi connectivity index (χ4v) is 3.08. The molecule has 1 saturated carbocycles. The molecule has 1 aliphatic carbocycles. The predicted molar refractivity (Wildman–Crippen MR) is 58.3 cm³/mol. The minimum Gasteiger partial charge on any atom is -0.316 e. The van der Waals surface area contributed by atoms with E-state index in [0.717, 1.165) is 25.1 Å². The molecule has 2 aliphatic rings. The van der Waals surface area contributed by atoms with E-state index in [1.54, 1.807) is 12.1 Å². The predicted octanol–water partition coefficient (Wildman–Crippen LogP) is 2.68. The summed E-state index contributed by atoms with van der Waals surface area (Å²) in [5.41, 5.74) is 1.44. The van der Waals surface area contributed by atoms with Crippen molar-refractivity contribution in [2.75, 3.05) is 13.1 Å². The number of halogens is 1. The average Bonchev–Trinajstić information content (AvgIpc) is 2.63. The van der Waals surface area contributed by atoms with E-state index < -0.39 is 0 Å². The zero-order valence-electron chi connectivity index (χ0n) is 8.80. The van der Waals surface area contributed by atoms with E-state index >= 15 is 0 Å². The van der Waals surface area contributed by atoms with Gasteiger partial charge in [-0.25, -0.2) is 4.39 Å². The van der Waals surface area contributed by atoms with Crippen molar-refractivity contribution in [2.24, 2.45) is 5.41 Å². The van der Waals surface area contributed by atoms with Gasteiger partial charge in [0.05, 0.1) is 0 Å². The van der Waals surface area contributed by atoms with Gasteiger partial charge in [-0.15, -0.1) is 0 Å². The van der Waals surface area contributed by atoms with Crippen LogP contribution in [0.5, 0.6) is 0 Å². The van der Waals surface area contributed by atoms with Crippen LogP contribution in [0, 0.1) is 11.2 Å². The third-order valence-corrected chi connectivity index (χ3v) is 4.05. The lowest BCUT2D eigenvalue weighted by Crippen LogP contribution is -2.51. The Bertz CT molecular complexity index is 371. The standard InChI is InChI=1S/C13H16FN/c14-12-4-2-1-3-11(12)10-5-6-13(7-10)8-15-9-13/h1-4,10,15H,5-9H2. The second-order valence-electron chi connectivity index (χ2n) is 5.06. The van der Waals surface area contributed by atoms with Crippen LogP contribution in [0.25, 0.3) is 0 Å². The molecular weight excluding hydrogens is 189 g/mol. The molecular formula is C13H16FN. The maximum absolute atomic E-state index is 13.6. The smallest absolute Gasteiger partial charge is 0.126 e. The van der Waals surface area contributed by atoms with E-state index in [0.29, 0.717) is 11.3 Å². The minimum atomic E-state index is -0.0215. The van der Waals surface area contributed by atoms with Crippen molar-refractivity contribution < 1.29 is 4.39 Å². The van der Waals surface area contributed by atoms with Crippen LogP contribution in [0.15, 0.2) is 24.3 Å². The van der Waals surface area contributed by atoms with Gasteiger partial charge in [0, 0.05) is 13.1 Å². The molecule has 1 saturated heterocycles. The fourth-order valence-electron chi connectivity index (χ4n) is 3.08. The summed E-state index contributed by atoms with van der Waals surface area (Å²) in [4.78, 5) is 0. The Balaban J connectivity index is 1.82. The van der Waals surface area contributed by atoms with Crippen molar-refractivity contribution in [3.8, 4) is 0 Å². The minimum absolute atomic E-state index is 0.0215. The molecule has 1 N–H and O–H groups in total. The van der Waals surface area contributed by atoms with Gasteiger partial charge < -0.3 is 5.32 Å². The summed E-state index contributed by atoms with van der Waals surface area (Å²) in [6.45, 7) is 2.27. The normalized spacial score (nSPS) is 27.9. The molecule has 1 aromatic rings. The Morgan fingerprint density at radius 1 is 1.27 bits per heavy atom. The zero-order valence-corrected chi connectivity index (χ0v) is 8.80. The second-order valence-corrected chi connectivity index (χ2v) is 5.06. The first kappa shape index (κ1) is 9.34. The fraction of sp³-hybridized carbons (Fsp3) is 0.538. The van der Waals surface area contributed by atoms with Crippen LogP contribution in [0.2, 0.25) is 0 Å². The Morgan fingerprint density at radius 3 is 2.67 bits per heavy atom. The van der Waals surface area contributed by atoms with Gasteiger partial charge in [-0.1, -0.05) is 18.2 Å². The van der Waals surface area contributed by atoms with Gasteiger partial charge in [0.2, 0.25) is 0 Å². The van der Waals surface area contributed by atoms with Crippen molar-refractivity contribution in [1.29, 1.82) is 0 Å². The molecule has 0 aromatic heterocycles. The SMILES string of the molecule is Fc1ccccc1C1CCC2(CNC2)C1. The van der Waals surface area contributed by atoms with E-state index in [2.05, 4.69) is 5.32 Å². The molecule has 1 aliphatic heterocycles. The molecule has 0 bridgehead atoms. The largest absolute Gasteiger partial charge is 0.316 e. The van der Waals surface area contributed by atoms with Crippen molar-refractivity contribution in [3.63, 3.8) is 0 Å². The first-order chi connectivity index (χ1) is 7.29. The Hall–Kier alpha value is -0.890. The van der Waals surface area contributed by atoms with Crippen LogP contribution >= 0.6 is 0 Å². The molecule has 3 rings (SSSR count). The van der Waals surface area contributed by atoms with Gasteiger partial charge >= 0.3 is 0 Å². The molecule has 1 atom stereocenters. The third-order valence-electron chi connectivity index (χ3n) is 4.05. The second kappa shape index (κ2) is 3.31. The highest BCUT2D eigenvalue weighted by molar-refractivity contribution is 5.24. The third kappa shape index (κ3) is 1.48. The highest BCUT2D eigenvalue weighted by Crippen LogP contribution is 2.49.